The summed E-state index contributed by atoms with van der Waals surface area (Å²) in [5.74, 6) is 0.773. The van der Waals surface area contributed by atoms with E-state index in [1.165, 1.54) is 5.56 Å². The molecule has 0 radical (unpaired) electrons. The quantitative estimate of drug-likeness (QED) is 0.218. The average molecular weight is 413 g/mol. The van der Waals surface area contributed by atoms with Gasteiger partial charge in [-0.3, -0.25) is 4.79 Å². The Morgan fingerprint density at radius 2 is 1.80 bits per heavy atom. The van der Waals surface area contributed by atoms with Crippen molar-refractivity contribution in [2.75, 3.05) is 0 Å². The van der Waals surface area contributed by atoms with Crippen LogP contribution in [0.2, 0.25) is 0 Å². The summed E-state index contributed by atoms with van der Waals surface area (Å²) >= 11 is 0. The van der Waals surface area contributed by atoms with Crippen LogP contribution in [0.15, 0.2) is 46.9 Å². The van der Waals surface area contributed by atoms with Crippen molar-refractivity contribution in [3.8, 4) is 0 Å². The molecular formula is C25H36N2O3. The summed E-state index contributed by atoms with van der Waals surface area (Å²) in [6.45, 7) is 5.75. The highest BCUT2D eigenvalue weighted by Gasteiger charge is 2.34. The third-order valence-corrected chi connectivity index (χ3v) is 6.42. The molecule has 0 aliphatic heterocycles. The third kappa shape index (κ3) is 7.26. The first kappa shape index (κ1) is 24.1. The summed E-state index contributed by atoms with van der Waals surface area (Å²) in [7, 11) is 0. The Hall–Kier alpha value is -2.17. The predicted molar refractivity (Wildman–Crippen MR) is 122 cm³/mol. The summed E-state index contributed by atoms with van der Waals surface area (Å²) < 4.78 is 0. The van der Waals surface area contributed by atoms with Gasteiger partial charge in [-0.1, -0.05) is 81.5 Å². The fourth-order valence-electron chi connectivity index (χ4n) is 4.60. The number of allylic oxidation sites excluding steroid dienone is 1. The smallest absolute Gasteiger partial charge is 0.136 e. The lowest BCUT2D eigenvalue weighted by Crippen LogP contribution is -2.13. The van der Waals surface area contributed by atoms with Gasteiger partial charge in [0.2, 0.25) is 0 Å². The van der Waals surface area contributed by atoms with Gasteiger partial charge >= 0.3 is 0 Å². The van der Waals surface area contributed by atoms with Gasteiger partial charge in [0.15, 0.2) is 0 Å². The first-order valence-corrected chi connectivity index (χ1v) is 11.6. The van der Waals surface area contributed by atoms with E-state index >= 15 is 0 Å². The second kappa shape index (κ2) is 13.2. The summed E-state index contributed by atoms with van der Waals surface area (Å²) in [5, 5.41) is 6.18. The Labute approximate surface area is 180 Å². The van der Waals surface area contributed by atoms with Crippen LogP contribution in [0.1, 0.15) is 107 Å². The van der Waals surface area contributed by atoms with Crippen molar-refractivity contribution >= 4 is 5.78 Å². The van der Waals surface area contributed by atoms with E-state index in [-0.39, 0.29) is 17.9 Å². The van der Waals surface area contributed by atoms with E-state index in [0.717, 1.165) is 69.8 Å². The molecule has 5 nitrogen and oxygen atoms in total. The standard InChI is InChI=1S/C25H36N2O3/c1-3-4-7-12-24(27-30)21-15-13-20(14-16-21)22-17-18-25(28)23(22)11-9-6-5-8-10-19(2)26-29/h13-16,22-24H,2-12,17-18H2,1H3/t22-,23-,24-/m1/s1. The Balaban J connectivity index is 1.87. The lowest BCUT2D eigenvalue weighted by atomic mass is 9.84. The largest absolute Gasteiger partial charge is 0.299 e. The molecule has 0 bridgehead atoms. The number of carbonyl (C=O) groups excluding carboxylic acids is 1. The number of Topliss-reactive ketones (excluding diaryl/α,β-unsaturated/α-hetero) is 1. The van der Waals surface area contributed by atoms with Crippen molar-refractivity contribution in [3.05, 3.63) is 57.5 Å². The summed E-state index contributed by atoms with van der Waals surface area (Å²) in [4.78, 5) is 34.1. The Kier molecular flexibility index (Phi) is 10.6. The first-order chi connectivity index (χ1) is 14.6. The number of hydrogen-bond acceptors (Lipinski definition) is 5. The van der Waals surface area contributed by atoms with Gasteiger partial charge in [0.05, 0.1) is 5.70 Å². The highest BCUT2D eigenvalue weighted by atomic mass is 16.3. The number of nitrogens with zero attached hydrogens (tertiary/aromatic N) is 2. The molecule has 1 saturated carbocycles. The Bertz CT molecular complexity index is 699. The molecule has 1 aliphatic rings. The molecule has 0 saturated heterocycles. The molecule has 0 amide bonds. The number of carbonyl (C=O) groups is 1. The predicted octanol–water partition coefficient (Wildman–Crippen LogP) is 7.76. The molecule has 30 heavy (non-hydrogen) atoms. The maximum atomic E-state index is 12.5. The van der Waals surface area contributed by atoms with Gasteiger partial charge < -0.3 is 0 Å². The Morgan fingerprint density at radius 1 is 1.07 bits per heavy atom. The SMILES string of the molecule is C=C(CCCCCC[C@H]1C(=O)CC[C@@H]1c1ccc([C@@H](CCCCC)N=O)cc1)N=O. The number of nitroso groups, excluding NO2 is 2. The van der Waals surface area contributed by atoms with E-state index in [1.807, 2.05) is 12.1 Å². The van der Waals surface area contributed by atoms with Gasteiger partial charge in [-0.05, 0) is 54.3 Å². The molecule has 1 fully saturated rings. The van der Waals surface area contributed by atoms with Crippen LogP contribution in [-0.4, -0.2) is 5.78 Å². The van der Waals surface area contributed by atoms with Crippen LogP contribution in [0.3, 0.4) is 0 Å². The summed E-state index contributed by atoms with van der Waals surface area (Å²) in [6.07, 6.45) is 11.3. The molecular weight excluding hydrogens is 376 g/mol. The van der Waals surface area contributed by atoms with Crippen molar-refractivity contribution in [1.82, 2.24) is 0 Å². The van der Waals surface area contributed by atoms with Crippen LogP contribution in [-0.2, 0) is 4.79 Å². The van der Waals surface area contributed by atoms with Gasteiger partial charge in [0.1, 0.15) is 11.8 Å². The van der Waals surface area contributed by atoms with Crippen molar-refractivity contribution in [2.45, 2.75) is 95.9 Å². The monoisotopic (exact) mass is 412 g/mol. The van der Waals surface area contributed by atoms with Crippen LogP contribution >= 0.6 is 0 Å². The lowest BCUT2D eigenvalue weighted by molar-refractivity contribution is -0.121. The zero-order valence-corrected chi connectivity index (χ0v) is 18.4. The topological polar surface area (TPSA) is 75.9 Å². The molecule has 164 valence electrons. The minimum Gasteiger partial charge on any atom is -0.299 e. The number of hydrogen-bond donors (Lipinski definition) is 0. The van der Waals surface area contributed by atoms with Crippen LogP contribution in [0.25, 0.3) is 0 Å². The van der Waals surface area contributed by atoms with E-state index in [0.29, 0.717) is 24.3 Å². The number of rotatable bonds is 15. The molecule has 0 heterocycles. The van der Waals surface area contributed by atoms with Crippen LogP contribution in [0.5, 0.6) is 0 Å². The number of unbranched alkanes of at least 4 members (excludes halogenated alkanes) is 5. The second-order valence-corrected chi connectivity index (χ2v) is 8.61. The number of benzene rings is 1. The fourth-order valence-corrected chi connectivity index (χ4v) is 4.60. The fraction of sp³-hybridized carbons (Fsp3) is 0.640. The van der Waals surface area contributed by atoms with Crippen molar-refractivity contribution in [3.63, 3.8) is 0 Å². The summed E-state index contributed by atoms with van der Waals surface area (Å²) in [6, 6.07) is 7.99. The van der Waals surface area contributed by atoms with Gasteiger partial charge in [-0.25, -0.2) is 0 Å². The van der Waals surface area contributed by atoms with Crippen molar-refractivity contribution < 1.29 is 4.79 Å². The van der Waals surface area contributed by atoms with E-state index in [1.54, 1.807) is 0 Å². The van der Waals surface area contributed by atoms with Gasteiger partial charge in [0.25, 0.3) is 0 Å². The molecule has 3 atom stereocenters. The second-order valence-electron chi connectivity index (χ2n) is 8.61. The maximum Gasteiger partial charge on any atom is 0.136 e. The average Bonchev–Trinajstić information content (AvgIpc) is 3.14. The highest BCUT2D eigenvalue weighted by Crippen LogP contribution is 2.40. The molecule has 1 aromatic carbocycles. The molecule has 5 heteroatoms. The van der Waals surface area contributed by atoms with Gasteiger partial charge in [-0.2, -0.15) is 4.91 Å². The van der Waals surface area contributed by atoms with E-state index in [9.17, 15) is 14.6 Å². The number of ketones is 1. The van der Waals surface area contributed by atoms with E-state index in [2.05, 4.69) is 36.0 Å². The van der Waals surface area contributed by atoms with Crippen LogP contribution in [0.4, 0.5) is 0 Å². The minimum atomic E-state index is -0.267. The lowest BCUT2D eigenvalue weighted by Gasteiger charge is -2.19. The van der Waals surface area contributed by atoms with Gasteiger partial charge in [-0.15, -0.1) is 4.91 Å². The van der Waals surface area contributed by atoms with Crippen molar-refractivity contribution in [1.29, 1.82) is 0 Å². The molecule has 0 aromatic heterocycles. The van der Waals surface area contributed by atoms with E-state index in [4.69, 9.17) is 0 Å². The molecule has 1 aliphatic carbocycles. The zero-order valence-electron chi connectivity index (χ0n) is 18.4. The highest BCUT2D eigenvalue weighted by molar-refractivity contribution is 5.84. The normalized spacial score (nSPS) is 19.6. The third-order valence-electron chi connectivity index (χ3n) is 6.42. The van der Waals surface area contributed by atoms with Crippen LogP contribution in [0, 0.1) is 15.7 Å². The first-order valence-electron chi connectivity index (χ1n) is 11.6. The molecule has 0 spiro atoms. The minimum absolute atomic E-state index is 0.104. The summed E-state index contributed by atoms with van der Waals surface area (Å²) in [5.41, 5.74) is 2.61. The molecule has 1 aromatic rings. The van der Waals surface area contributed by atoms with Crippen LogP contribution < -0.4 is 0 Å². The molecule has 2 rings (SSSR count). The van der Waals surface area contributed by atoms with Gasteiger partial charge in [0, 0.05) is 12.3 Å². The molecule has 0 unspecified atom stereocenters. The van der Waals surface area contributed by atoms with E-state index < -0.39 is 0 Å². The zero-order chi connectivity index (χ0) is 21.8. The molecule has 0 N–H and O–H groups in total. The van der Waals surface area contributed by atoms with Crippen molar-refractivity contribution in [2.24, 2.45) is 16.3 Å². The Morgan fingerprint density at radius 3 is 2.47 bits per heavy atom. The maximum absolute atomic E-state index is 12.5.